The fraction of sp³-hybridized carbons (Fsp3) is 0.333. The van der Waals surface area contributed by atoms with E-state index in [-0.39, 0.29) is 5.97 Å². The summed E-state index contributed by atoms with van der Waals surface area (Å²) in [6.07, 6.45) is 3.14. The molecule has 1 heterocycles. The molecule has 1 aromatic rings. The predicted molar refractivity (Wildman–Crippen MR) is 57.0 cm³/mol. The molecule has 0 aliphatic heterocycles. The van der Waals surface area contributed by atoms with Gasteiger partial charge in [-0.3, -0.25) is 4.98 Å². The van der Waals surface area contributed by atoms with Crippen LogP contribution in [0.1, 0.15) is 10.4 Å². The zero-order chi connectivity index (χ0) is 10.4. The lowest BCUT2D eigenvalue weighted by atomic mass is 10.3. The Bertz CT molecular complexity index is 319. The summed E-state index contributed by atoms with van der Waals surface area (Å²) in [5, 5.41) is 0. The van der Waals surface area contributed by atoms with Crippen molar-refractivity contribution in [3.8, 4) is 0 Å². The van der Waals surface area contributed by atoms with Crippen molar-refractivity contribution < 1.29 is 9.53 Å². The molecule has 14 heavy (non-hydrogen) atoms. The maximum Gasteiger partial charge on any atom is 0.340 e. The molecule has 0 saturated carbocycles. The van der Waals surface area contributed by atoms with E-state index >= 15 is 0 Å². The second-order valence-corrected chi connectivity index (χ2v) is 3.92. The molecule has 5 heteroatoms. The summed E-state index contributed by atoms with van der Waals surface area (Å²) in [7, 11) is 1.35. The van der Waals surface area contributed by atoms with Crippen molar-refractivity contribution in [3.63, 3.8) is 0 Å². The van der Waals surface area contributed by atoms with Gasteiger partial charge < -0.3 is 4.74 Å². The number of alkyl halides is 1. The topological polar surface area (TPSA) is 39.2 Å². The van der Waals surface area contributed by atoms with Crippen molar-refractivity contribution >= 4 is 29.3 Å². The highest BCUT2D eigenvalue weighted by Gasteiger charge is 2.11. The summed E-state index contributed by atoms with van der Waals surface area (Å²) < 4.78 is 4.63. The molecule has 1 aromatic heterocycles. The average Bonchev–Trinajstić information content (AvgIpc) is 2.25. The van der Waals surface area contributed by atoms with Gasteiger partial charge in [0.25, 0.3) is 0 Å². The van der Waals surface area contributed by atoms with Crippen LogP contribution in [0.3, 0.4) is 0 Å². The fourth-order valence-electron chi connectivity index (χ4n) is 0.919. The number of esters is 1. The molecule has 0 unspecified atom stereocenters. The van der Waals surface area contributed by atoms with Gasteiger partial charge >= 0.3 is 5.97 Å². The lowest BCUT2D eigenvalue weighted by molar-refractivity contribution is 0.0596. The molecule has 0 aliphatic carbocycles. The third kappa shape index (κ3) is 2.89. The summed E-state index contributed by atoms with van der Waals surface area (Å²) in [5.41, 5.74) is 0.491. The molecular weight excluding hydrogens is 222 g/mol. The number of aromatic nitrogens is 1. The summed E-state index contributed by atoms with van der Waals surface area (Å²) in [5.74, 6) is 0.943. The molecular formula is C9H10ClNO2S. The van der Waals surface area contributed by atoms with Crippen LogP contribution in [-0.2, 0) is 4.74 Å². The number of thioether (sulfide) groups is 1. The molecule has 0 bridgehead atoms. The van der Waals surface area contributed by atoms with Crippen molar-refractivity contribution in [2.75, 3.05) is 18.7 Å². The summed E-state index contributed by atoms with van der Waals surface area (Å²) >= 11 is 7.08. The maximum absolute atomic E-state index is 11.3. The monoisotopic (exact) mass is 231 g/mol. The van der Waals surface area contributed by atoms with Crippen LogP contribution in [0.15, 0.2) is 23.4 Å². The Kier molecular flexibility index (Phi) is 4.76. The van der Waals surface area contributed by atoms with Gasteiger partial charge in [-0.2, -0.15) is 0 Å². The number of ether oxygens (including phenoxy) is 1. The first-order valence-electron chi connectivity index (χ1n) is 4.00. The van der Waals surface area contributed by atoms with Gasteiger partial charge in [0.15, 0.2) is 0 Å². The Hall–Kier alpha value is -0.740. The van der Waals surface area contributed by atoms with E-state index in [1.54, 1.807) is 12.3 Å². The average molecular weight is 232 g/mol. The van der Waals surface area contributed by atoms with Gasteiger partial charge in [-0.05, 0) is 6.07 Å². The second-order valence-electron chi connectivity index (χ2n) is 2.40. The highest BCUT2D eigenvalue weighted by atomic mass is 35.5. The zero-order valence-corrected chi connectivity index (χ0v) is 9.27. The Morgan fingerprint density at radius 3 is 3.14 bits per heavy atom. The van der Waals surface area contributed by atoms with E-state index < -0.39 is 0 Å². The van der Waals surface area contributed by atoms with Crippen LogP contribution in [0.4, 0.5) is 0 Å². The number of carbonyl (C=O) groups excluding carboxylic acids is 1. The summed E-state index contributed by atoms with van der Waals surface area (Å²) in [6.45, 7) is 0. The first kappa shape index (κ1) is 11.3. The number of hydrogen-bond acceptors (Lipinski definition) is 4. The predicted octanol–water partition coefficient (Wildman–Crippen LogP) is 2.20. The van der Waals surface area contributed by atoms with Crippen LogP contribution < -0.4 is 0 Å². The van der Waals surface area contributed by atoms with Crippen LogP contribution in [0, 0.1) is 0 Å². The van der Waals surface area contributed by atoms with Crippen molar-refractivity contribution in [1.29, 1.82) is 0 Å². The van der Waals surface area contributed by atoms with Gasteiger partial charge in [-0.15, -0.1) is 23.4 Å². The van der Waals surface area contributed by atoms with Gasteiger partial charge in [0.1, 0.15) is 0 Å². The minimum absolute atomic E-state index is 0.366. The Morgan fingerprint density at radius 1 is 1.71 bits per heavy atom. The molecule has 76 valence electrons. The third-order valence-electron chi connectivity index (χ3n) is 1.52. The van der Waals surface area contributed by atoms with Gasteiger partial charge in [-0.25, -0.2) is 4.79 Å². The van der Waals surface area contributed by atoms with Crippen LogP contribution in [0.5, 0.6) is 0 Å². The number of methoxy groups -OCH3 is 1. The Balaban J connectivity index is 2.85. The van der Waals surface area contributed by atoms with E-state index in [0.717, 1.165) is 10.6 Å². The quantitative estimate of drug-likeness (QED) is 0.453. The number of carbonyl (C=O) groups is 1. The van der Waals surface area contributed by atoms with Gasteiger partial charge in [0.2, 0.25) is 0 Å². The minimum Gasteiger partial charge on any atom is -0.465 e. The first-order valence-corrected chi connectivity index (χ1v) is 5.52. The van der Waals surface area contributed by atoms with Crippen LogP contribution in [-0.4, -0.2) is 29.7 Å². The van der Waals surface area contributed by atoms with Gasteiger partial charge in [0.05, 0.1) is 12.7 Å². The molecule has 0 atom stereocenters. The molecule has 0 spiro atoms. The first-order chi connectivity index (χ1) is 6.79. The third-order valence-corrected chi connectivity index (χ3v) is 3.01. The second kappa shape index (κ2) is 5.88. The number of nitrogens with zero attached hydrogens (tertiary/aromatic N) is 1. The molecule has 0 fully saturated rings. The molecule has 0 aliphatic rings. The standard InChI is InChI=1S/C9H10ClNO2S/c1-13-9(12)7-6-11-4-2-8(7)14-5-3-10/h2,4,6H,3,5H2,1H3. The SMILES string of the molecule is COC(=O)c1cnccc1SCCCl. The Morgan fingerprint density at radius 2 is 2.50 bits per heavy atom. The summed E-state index contributed by atoms with van der Waals surface area (Å²) in [4.78, 5) is 16.0. The lowest BCUT2D eigenvalue weighted by Crippen LogP contribution is -2.03. The Labute approximate surface area is 91.8 Å². The van der Waals surface area contributed by atoms with Crippen molar-refractivity contribution in [2.45, 2.75) is 4.90 Å². The molecule has 0 radical (unpaired) electrons. The molecule has 3 nitrogen and oxygen atoms in total. The van der Waals surface area contributed by atoms with Crippen LogP contribution in [0.2, 0.25) is 0 Å². The number of hydrogen-bond donors (Lipinski definition) is 0. The highest BCUT2D eigenvalue weighted by molar-refractivity contribution is 7.99. The van der Waals surface area contributed by atoms with Gasteiger partial charge in [0, 0.05) is 28.9 Å². The van der Waals surface area contributed by atoms with E-state index in [4.69, 9.17) is 11.6 Å². The smallest absolute Gasteiger partial charge is 0.340 e. The minimum atomic E-state index is -0.366. The summed E-state index contributed by atoms with van der Waals surface area (Å²) in [6, 6.07) is 1.78. The molecule has 0 aromatic carbocycles. The number of pyridine rings is 1. The number of halogens is 1. The van der Waals surface area contributed by atoms with Crippen molar-refractivity contribution in [2.24, 2.45) is 0 Å². The number of rotatable bonds is 4. The zero-order valence-electron chi connectivity index (χ0n) is 7.70. The van der Waals surface area contributed by atoms with Gasteiger partial charge in [-0.1, -0.05) is 0 Å². The van der Waals surface area contributed by atoms with Crippen LogP contribution >= 0.6 is 23.4 Å². The fourth-order valence-corrected chi connectivity index (χ4v) is 1.90. The molecule has 0 N–H and O–H groups in total. The molecule has 0 amide bonds. The molecule has 1 rings (SSSR count). The van der Waals surface area contributed by atoms with Crippen molar-refractivity contribution in [3.05, 3.63) is 24.0 Å². The van der Waals surface area contributed by atoms with E-state index in [1.165, 1.54) is 25.1 Å². The highest BCUT2D eigenvalue weighted by Crippen LogP contribution is 2.22. The van der Waals surface area contributed by atoms with E-state index in [1.807, 2.05) is 0 Å². The normalized spacial score (nSPS) is 9.86. The van der Waals surface area contributed by atoms with E-state index in [9.17, 15) is 4.79 Å². The molecule has 0 saturated heterocycles. The van der Waals surface area contributed by atoms with Crippen LogP contribution in [0.25, 0.3) is 0 Å². The van der Waals surface area contributed by atoms with Crippen molar-refractivity contribution in [1.82, 2.24) is 4.98 Å². The largest absolute Gasteiger partial charge is 0.465 e. The lowest BCUT2D eigenvalue weighted by Gasteiger charge is -2.04. The van der Waals surface area contributed by atoms with E-state index in [2.05, 4.69) is 9.72 Å². The van der Waals surface area contributed by atoms with E-state index in [0.29, 0.717) is 11.4 Å². The maximum atomic E-state index is 11.3.